The molecule has 1 aromatic heterocycles. The average molecular weight is 221 g/mol. The first-order valence-electron chi connectivity index (χ1n) is 5.33. The SMILES string of the molecule is Cc1ccc(C(=O)NC(C)(C)C(C)N)cn1. The molecule has 1 rings (SSSR count). The van der Waals surface area contributed by atoms with Crippen molar-refractivity contribution in [3.8, 4) is 0 Å². The first-order chi connectivity index (χ1) is 7.33. The van der Waals surface area contributed by atoms with Crippen molar-refractivity contribution < 1.29 is 4.79 Å². The third kappa shape index (κ3) is 3.03. The Morgan fingerprint density at radius 2 is 2.12 bits per heavy atom. The van der Waals surface area contributed by atoms with Crippen molar-refractivity contribution in [3.63, 3.8) is 0 Å². The Morgan fingerprint density at radius 3 is 2.56 bits per heavy atom. The molecule has 0 aromatic carbocycles. The maximum Gasteiger partial charge on any atom is 0.253 e. The van der Waals surface area contributed by atoms with Gasteiger partial charge in [0.2, 0.25) is 0 Å². The number of rotatable bonds is 3. The fourth-order valence-corrected chi connectivity index (χ4v) is 1.08. The van der Waals surface area contributed by atoms with Crippen LogP contribution in [0.3, 0.4) is 0 Å². The Bertz CT molecular complexity index is 368. The van der Waals surface area contributed by atoms with E-state index in [4.69, 9.17) is 5.73 Å². The van der Waals surface area contributed by atoms with Crippen molar-refractivity contribution >= 4 is 5.91 Å². The van der Waals surface area contributed by atoms with Gasteiger partial charge in [-0.3, -0.25) is 9.78 Å². The quantitative estimate of drug-likeness (QED) is 0.807. The van der Waals surface area contributed by atoms with Gasteiger partial charge in [-0.1, -0.05) is 0 Å². The summed E-state index contributed by atoms with van der Waals surface area (Å²) >= 11 is 0. The van der Waals surface area contributed by atoms with Crippen molar-refractivity contribution in [1.29, 1.82) is 0 Å². The van der Waals surface area contributed by atoms with Gasteiger partial charge in [-0.25, -0.2) is 0 Å². The van der Waals surface area contributed by atoms with E-state index >= 15 is 0 Å². The second-order valence-electron chi connectivity index (χ2n) is 4.65. The highest BCUT2D eigenvalue weighted by atomic mass is 16.1. The minimum absolute atomic E-state index is 0.116. The van der Waals surface area contributed by atoms with Crippen molar-refractivity contribution in [2.75, 3.05) is 0 Å². The van der Waals surface area contributed by atoms with E-state index in [1.54, 1.807) is 12.3 Å². The van der Waals surface area contributed by atoms with Crippen LogP contribution in [0.15, 0.2) is 18.3 Å². The van der Waals surface area contributed by atoms with Gasteiger partial charge in [-0.2, -0.15) is 0 Å². The third-order valence-electron chi connectivity index (χ3n) is 2.75. The van der Waals surface area contributed by atoms with Crippen molar-refractivity contribution in [2.45, 2.75) is 39.3 Å². The van der Waals surface area contributed by atoms with Gasteiger partial charge in [0.05, 0.1) is 5.56 Å². The molecule has 1 unspecified atom stereocenters. The lowest BCUT2D eigenvalue weighted by molar-refractivity contribution is 0.0903. The molecule has 0 aliphatic carbocycles. The summed E-state index contributed by atoms with van der Waals surface area (Å²) in [6, 6.07) is 3.46. The maximum absolute atomic E-state index is 11.9. The van der Waals surface area contributed by atoms with Crippen LogP contribution in [0, 0.1) is 6.92 Å². The van der Waals surface area contributed by atoms with Crippen LogP contribution in [0.4, 0.5) is 0 Å². The normalized spacial score (nSPS) is 13.3. The number of aromatic nitrogens is 1. The first kappa shape index (κ1) is 12.6. The lowest BCUT2D eigenvalue weighted by Crippen LogP contribution is -2.54. The molecule has 4 heteroatoms. The van der Waals surface area contributed by atoms with Crippen LogP contribution >= 0.6 is 0 Å². The summed E-state index contributed by atoms with van der Waals surface area (Å²) in [6.07, 6.45) is 1.57. The number of hydrogen-bond acceptors (Lipinski definition) is 3. The molecule has 0 aliphatic rings. The first-order valence-corrected chi connectivity index (χ1v) is 5.33. The number of aryl methyl sites for hydroxylation is 1. The molecule has 88 valence electrons. The molecule has 0 aliphatic heterocycles. The molecule has 0 saturated heterocycles. The number of hydrogen-bond donors (Lipinski definition) is 2. The Morgan fingerprint density at radius 1 is 1.50 bits per heavy atom. The average Bonchev–Trinajstić information content (AvgIpc) is 2.17. The zero-order valence-electron chi connectivity index (χ0n) is 10.2. The molecule has 0 radical (unpaired) electrons. The van der Waals surface area contributed by atoms with E-state index in [1.165, 1.54) is 0 Å². The van der Waals surface area contributed by atoms with Crippen molar-refractivity contribution in [3.05, 3.63) is 29.6 Å². The summed E-state index contributed by atoms with van der Waals surface area (Å²) in [5.41, 5.74) is 6.81. The van der Waals surface area contributed by atoms with Crippen LogP contribution in [0.5, 0.6) is 0 Å². The Balaban J connectivity index is 2.77. The maximum atomic E-state index is 11.9. The number of pyridine rings is 1. The third-order valence-corrected chi connectivity index (χ3v) is 2.75. The molecule has 0 bridgehead atoms. The second-order valence-corrected chi connectivity index (χ2v) is 4.65. The van der Waals surface area contributed by atoms with E-state index in [0.29, 0.717) is 5.56 Å². The highest BCUT2D eigenvalue weighted by Gasteiger charge is 2.25. The Labute approximate surface area is 96.3 Å². The van der Waals surface area contributed by atoms with Gasteiger partial charge >= 0.3 is 0 Å². The van der Waals surface area contributed by atoms with Gasteiger partial charge in [0.15, 0.2) is 0 Å². The van der Waals surface area contributed by atoms with Crippen molar-refractivity contribution in [1.82, 2.24) is 10.3 Å². The van der Waals surface area contributed by atoms with Gasteiger partial charge in [0, 0.05) is 23.5 Å². The molecule has 3 N–H and O–H groups in total. The lowest BCUT2D eigenvalue weighted by atomic mass is 9.96. The highest BCUT2D eigenvalue weighted by Crippen LogP contribution is 2.08. The molecule has 4 nitrogen and oxygen atoms in total. The molecule has 1 aromatic rings. The molecular formula is C12H19N3O. The lowest BCUT2D eigenvalue weighted by Gasteiger charge is -2.30. The molecule has 1 amide bonds. The topological polar surface area (TPSA) is 68.0 Å². The van der Waals surface area contributed by atoms with Crippen LogP contribution in [0.25, 0.3) is 0 Å². The fraction of sp³-hybridized carbons (Fsp3) is 0.500. The van der Waals surface area contributed by atoms with Crippen molar-refractivity contribution in [2.24, 2.45) is 5.73 Å². The predicted molar refractivity (Wildman–Crippen MR) is 64.2 cm³/mol. The molecule has 16 heavy (non-hydrogen) atoms. The molecule has 0 fully saturated rings. The summed E-state index contributed by atoms with van der Waals surface area (Å²) in [4.78, 5) is 16.0. The standard InChI is InChI=1S/C12H19N3O/c1-8-5-6-10(7-14-8)11(16)15-12(3,4)9(2)13/h5-7,9H,13H2,1-4H3,(H,15,16). The van der Waals surface area contributed by atoms with Crippen LogP contribution in [-0.4, -0.2) is 22.5 Å². The molecule has 0 spiro atoms. The summed E-state index contributed by atoms with van der Waals surface area (Å²) < 4.78 is 0. The monoisotopic (exact) mass is 221 g/mol. The van der Waals surface area contributed by atoms with Gasteiger partial charge in [-0.15, -0.1) is 0 Å². The summed E-state index contributed by atoms with van der Waals surface area (Å²) in [5, 5.41) is 2.89. The van der Waals surface area contributed by atoms with Crippen LogP contribution in [-0.2, 0) is 0 Å². The van der Waals surface area contributed by atoms with E-state index in [1.807, 2.05) is 33.8 Å². The Hall–Kier alpha value is -1.42. The molecule has 1 heterocycles. The zero-order chi connectivity index (χ0) is 12.3. The number of nitrogens with zero attached hydrogens (tertiary/aromatic N) is 1. The minimum Gasteiger partial charge on any atom is -0.346 e. The summed E-state index contributed by atoms with van der Waals surface area (Å²) in [6.45, 7) is 7.55. The predicted octanol–water partition coefficient (Wildman–Crippen LogP) is 1.25. The number of carbonyl (C=O) groups excluding carboxylic acids is 1. The largest absolute Gasteiger partial charge is 0.346 e. The number of nitrogens with two attached hydrogens (primary N) is 1. The van der Waals surface area contributed by atoms with Gasteiger partial charge in [-0.05, 0) is 39.8 Å². The van der Waals surface area contributed by atoms with E-state index in [0.717, 1.165) is 5.69 Å². The van der Waals surface area contributed by atoms with E-state index in [9.17, 15) is 4.79 Å². The summed E-state index contributed by atoms with van der Waals surface area (Å²) in [5.74, 6) is -0.144. The summed E-state index contributed by atoms with van der Waals surface area (Å²) in [7, 11) is 0. The van der Waals surface area contributed by atoms with E-state index in [-0.39, 0.29) is 11.9 Å². The fourth-order valence-electron chi connectivity index (χ4n) is 1.08. The smallest absolute Gasteiger partial charge is 0.253 e. The molecule has 0 saturated carbocycles. The zero-order valence-corrected chi connectivity index (χ0v) is 10.2. The number of amides is 1. The molecule has 1 atom stereocenters. The highest BCUT2D eigenvalue weighted by molar-refractivity contribution is 5.94. The van der Waals surface area contributed by atoms with E-state index < -0.39 is 5.54 Å². The van der Waals surface area contributed by atoms with Crippen LogP contribution in [0.2, 0.25) is 0 Å². The number of carbonyl (C=O) groups is 1. The number of nitrogens with one attached hydrogen (secondary N) is 1. The van der Waals surface area contributed by atoms with E-state index in [2.05, 4.69) is 10.3 Å². The second kappa shape index (κ2) is 4.61. The van der Waals surface area contributed by atoms with Gasteiger partial charge in [0.25, 0.3) is 5.91 Å². The minimum atomic E-state index is -0.429. The van der Waals surface area contributed by atoms with Crippen LogP contribution < -0.4 is 11.1 Å². The Kier molecular flexibility index (Phi) is 3.65. The molecular weight excluding hydrogens is 202 g/mol. The van der Waals surface area contributed by atoms with Gasteiger partial charge in [0.1, 0.15) is 0 Å². The van der Waals surface area contributed by atoms with Gasteiger partial charge < -0.3 is 11.1 Å². The van der Waals surface area contributed by atoms with Crippen LogP contribution in [0.1, 0.15) is 36.8 Å².